The molecule has 10 heavy (non-hydrogen) atoms. The van der Waals surface area contributed by atoms with Crippen LogP contribution in [0.5, 0.6) is 5.75 Å². The van der Waals surface area contributed by atoms with Gasteiger partial charge in [0.1, 0.15) is 5.75 Å². The van der Waals surface area contributed by atoms with Gasteiger partial charge >= 0.3 is 0 Å². The summed E-state index contributed by atoms with van der Waals surface area (Å²) in [7, 11) is 0. The fraction of sp³-hybridized carbons (Fsp3) is 0.143. The lowest BCUT2D eigenvalue weighted by molar-refractivity contribution is 0.478. The van der Waals surface area contributed by atoms with E-state index in [1.165, 1.54) is 0 Å². The highest BCUT2D eigenvalue weighted by Gasteiger charge is 1.95. The zero-order valence-electron chi connectivity index (χ0n) is 5.41. The molecule has 0 aliphatic rings. The van der Waals surface area contributed by atoms with Crippen LogP contribution in [0.1, 0.15) is 5.56 Å². The molecule has 3 heteroatoms. The lowest BCUT2D eigenvalue weighted by Gasteiger charge is -1.99. The van der Waals surface area contributed by atoms with Gasteiger partial charge in [-0.05, 0) is 17.7 Å². The Bertz CT molecular complexity index is 237. The predicted molar refractivity (Wildman–Crippen MR) is 45.2 cm³/mol. The van der Waals surface area contributed by atoms with E-state index in [9.17, 15) is 0 Å². The number of hydrogen-bond donors (Lipinski definition) is 3. The molecule has 0 bridgehead atoms. The SMILES string of the molecule is Nc1cc(CS)ccc1O. The first-order chi connectivity index (χ1) is 4.74. The molecule has 0 aliphatic heterocycles. The minimum Gasteiger partial charge on any atom is -0.506 e. The van der Waals surface area contributed by atoms with Gasteiger partial charge in [0.15, 0.2) is 0 Å². The number of anilines is 1. The van der Waals surface area contributed by atoms with Gasteiger partial charge in [-0.15, -0.1) is 0 Å². The molecule has 0 aromatic heterocycles. The van der Waals surface area contributed by atoms with Gasteiger partial charge in [-0.3, -0.25) is 0 Å². The van der Waals surface area contributed by atoms with E-state index in [1.54, 1.807) is 18.2 Å². The Morgan fingerprint density at radius 2 is 2.20 bits per heavy atom. The molecule has 1 aromatic rings. The number of rotatable bonds is 1. The predicted octanol–water partition coefficient (Wildman–Crippen LogP) is 1.40. The molecule has 3 N–H and O–H groups in total. The molecule has 0 saturated heterocycles. The monoisotopic (exact) mass is 155 g/mol. The van der Waals surface area contributed by atoms with Crippen molar-refractivity contribution < 1.29 is 5.11 Å². The maximum atomic E-state index is 8.99. The Balaban J connectivity index is 3.04. The summed E-state index contributed by atoms with van der Waals surface area (Å²) >= 11 is 4.05. The van der Waals surface area contributed by atoms with Gasteiger partial charge in [0, 0.05) is 5.75 Å². The van der Waals surface area contributed by atoms with E-state index in [1.807, 2.05) is 0 Å². The number of thiol groups is 1. The molecule has 0 radical (unpaired) electrons. The van der Waals surface area contributed by atoms with Crippen LogP contribution in [0.15, 0.2) is 18.2 Å². The molecule has 1 aromatic carbocycles. The zero-order valence-corrected chi connectivity index (χ0v) is 6.31. The zero-order chi connectivity index (χ0) is 7.56. The number of nitrogen functional groups attached to an aromatic ring is 1. The number of aromatic hydroxyl groups is 1. The van der Waals surface area contributed by atoms with Crippen molar-refractivity contribution in [3.63, 3.8) is 0 Å². The van der Waals surface area contributed by atoms with Gasteiger partial charge < -0.3 is 10.8 Å². The van der Waals surface area contributed by atoms with Crippen LogP contribution in [0.4, 0.5) is 5.69 Å². The summed E-state index contributed by atoms with van der Waals surface area (Å²) in [6, 6.07) is 5.07. The van der Waals surface area contributed by atoms with E-state index < -0.39 is 0 Å². The second-order valence-electron chi connectivity index (χ2n) is 2.05. The third-order valence-electron chi connectivity index (χ3n) is 1.27. The first kappa shape index (κ1) is 7.28. The number of phenols is 1. The standard InChI is InChI=1S/C7H9NOS/c8-6-3-5(4-10)1-2-7(6)9/h1-3,9-10H,4,8H2. The van der Waals surface area contributed by atoms with E-state index in [0.29, 0.717) is 11.4 Å². The maximum absolute atomic E-state index is 8.99. The van der Waals surface area contributed by atoms with Crippen molar-refractivity contribution in [1.29, 1.82) is 0 Å². The molecule has 0 unspecified atom stereocenters. The van der Waals surface area contributed by atoms with Gasteiger partial charge in [-0.2, -0.15) is 12.6 Å². The number of nitrogens with two attached hydrogens (primary N) is 1. The van der Waals surface area contributed by atoms with E-state index in [0.717, 1.165) is 5.56 Å². The average molecular weight is 155 g/mol. The first-order valence-electron chi connectivity index (χ1n) is 2.92. The molecule has 0 aliphatic carbocycles. The van der Waals surface area contributed by atoms with Crippen molar-refractivity contribution in [1.82, 2.24) is 0 Å². The summed E-state index contributed by atoms with van der Waals surface area (Å²) in [6.07, 6.45) is 0. The smallest absolute Gasteiger partial charge is 0.138 e. The first-order valence-corrected chi connectivity index (χ1v) is 3.55. The van der Waals surface area contributed by atoms with Crippen LogP contribution in [-0.4, -0.2) is 5.11 Å². The normalized spacial score (nSPS) is 9.70. The van der Waals surface area contributed by atoms with Gasteiger partial charge in [-0.1, -0.05) is 6.07 Å². The third kappa shape index (κ3) is 1.36. The molecule has 0 spiro atoms. The van der Waals surface area contributed by atoms with Crippen molar-refractivity contribution in [2.75, 3.05) is 5.73 Å². The van der Waals surface area contributed by atoms with Crippen LogP contribution < -0.4 is 5.73 Å². The molecule has 0 saturated carbocycles. The highest BCUT2D eigenvalue weighted by atomic mass is 32.1. The van der Waals surface area contributed by atoms with E-state index in [-0.39, 0.29) is 5.75 Å². The van der Waals surface area contributed by atoms with E-state index >= 15 is 0 Å². The van der Waals surface area contributed by atoms with Crippen LogP contribution in [0, 0.1) is 0 Å². The van der Waals surface area contributed by atoms with Gasteiger partial charge in [-0.25, -0.2) is 0 Å². The topological polar surface area (TPSA) is 46.2 Å². The Labute approximate surface area is 65.1 Å². The maximum Gasteiger partial charge on any atom is 0.138 e. The number of benzene rings is 1. The lowest BCUT2D eigenvalue weighted by Crippen LogP contribution is -1.86. The Kier molecular flexibility index (Phi) is 2.06. The van der Waals surface area contributed by atoms with Crippen molar-refractivity contribution in [3.8, 4) is 5.75 Å². The highest BCUT2D eigenvalue weighted by molar-refractivity contribution is 7.79. The third-order valence-corrected chi connectivity index (χ3v) is 1.64. The molecule has 0 atom stereocenters. The highest BCUT2D eigenvalue weighted by Crippen LogP contribution is 2.20. The minimum absolute atomic E-state index is 0.130. The van der Waals surface area contributed by atoms with Crippen molar-refractivity contribution in [2.45, 2.75) is 5.75 Å². The fourth-order valence-corrected chi connectivity index (χ4v) is 0.899. The van der Waals surface area contributed by atoms with Crippen LogP contribution >= 0.6 is 12.6 Å². The van der Waals surface area contributed by atoms with Crippen LogP contribution in [0.2, 0.25) is 0 Å². The van der Waals surface area contributed by atoms with E-state index in [4.69, 9.17) is 10.8 Å². The van der Waals surface area contributed by atoms with Crippen LogP contribution in [0.3, 0.4) is 0 Å². The van der Waals surface area contributed by atoms with Gasteiger partial charge in [0.05, 0.1) is 5.69 Å². The molecule has 2 nitrogen and oxygen atoms in total. The van der Waals surface area contributed by atoms with Gasteiger partial charge in [0.2, 0.25) is 0 Å². The van der Waals surface area contributed by atoms with Crippen molar-refractivity contribution in [2.24, 2.45) is 0 Å². The quantitative estimate of drug-likeness (QED) is 0.326. The second-order valence-corrected chi connectivity index (χ2v) is 2.37. The summed E-state index contributed by atoms with van der Waals surface area (Å²) in [6.45, 7) is 0. The summed E-state index contributed by atoms with van der Waals surface area (Å²) in [5, 5.41) is 8.99. The second kappa shape index (κ2) is 2.84. The fourth-order valence-electron chi connectivity index (χ4n) is 0.702. The van der Waals surface area contributed by atoms with Crippen LogP contribution in [-0.2, 0) is 5.75 Å². The largest absolute Gasteiger partial charge is 0.506 e. The summed E-state index contributed by atoms with van der Waals surface area (Å²) in [4.78, 5) is 0. The number of hydrogen-bond acceptors (Lipinski definition) is 3. The average Bonchev–Trinajstić information content (AvgIpc) is 1.95. The molecular weight excluding hydrogens is 146 g/mol. The Morgan fingerprint density at radius 1 is 1.50 bits per heavy atom. The molecule has 1 rings (SSSR count). The van der Waals surface area contributed by atoms with Crippen molar-refractivity contribution >= 4 is 18.3 Å². The minimum atomic E-state index is 0.130. The summed E-state index contributed by atoms with van der Waals surface area (Å²) in [5.41, 5.74) is 6.83. The van der Waals surface area contributed by atoms with Gasteiger partial charge in [0.25, 0.3) is 0 Å². The Hall–Kier alpha value is -0.830. The lowest BCUT2D eigenvalue weighted by atomic mass is 10.2. The number of phenolic OH excluding ortho intramolecular Hbond substituents is 1. The molecule has 0 fully saturated rings. The van der Waals surface area contributed by atoms with Crippen molar-refractivity contribution in [3.05, 3.63) is 23.8 Å². The van der Waals surface area contributed by atoms with E-state index in [2.05, 4.69) is 12.6 Å². The van der Waals surface area contributed by atoms with Crippen LogP contribution in [0.25, 0.3) is 0 Å². The molecule has 0 heterocycles. The molecule has 54 valence electrons. The summed E-state index contributed by atoms with van der Waals surface area (Å²) < 4.78 is 0. The molecule has 0 amide bonds. The summed E-state index contributed by atoms with van der Waals surface area (Å²) in [5.74, 6) is 0.773. The Morgan fingerprint density at radius 3 is 2.70 bits per heavy atom. The molecular formula is C7H9NOS.